The van der Waals surface area contributed by atoms with Gasteiger partial charge in [0, 0.05) is 21.9 Å². The average molecular weight is 357 g/mol. The van der Waals surface area contributed by atoms with Crippen LogP contribution in [-0.4, -0.2) is 48.8 Å². The Morgan fingerprint density at radius 2 is 1.96 bits per heavy atom. The van der Waals surface area contributed by atoms with Crippen molar-refractivity contribution in [1.82, 2.24) is 4.90 Å². The number of unbranched alkanes of at least 4 members (excludes halogenated alkanes) is 1. The van der Waals surface area contributed by atoms with Crippen LogP contribution >= 0.6 is 0 Å². The number of azide groups is 2. The number of piperidine rings is 1. The maximum absolute atomic E-state index is 9.01. The van der Waals surface area contributed by atoms with Crippen LogP contribution < -0.4 is 0 Å². The lowest BCUT2D eigenvalue weighted by molar-refractivity contribution is -0.258. The van der Waals surface area contributed by atoms with Crippen molar-refractivity contribution in [2.24, 2.45) is 10.2 Å². The first-order valence-electron chi connectivity index (χ1n) is 8.93. The van der Waals surface area contributed by atoms with Gasteiger partial charge in [-0.15, -0.1) is 0 Å². The fourth-order valence-corrected chi connectivity index (χ4v) is 3.65. The molecule has 2 saturated heterocycles. The highest BCUT2D eigenvalue weighted by molar-refractivity contribution is 5.17. The zero-order valence-electron chi connectivity index (χ0n) is 14.8. The highest BCUT2D eigenvalue weighted by Crippen LogP contribution is 2.35. The summed E-state index contributed by atoms with van der Waals surface area (Å²) in [6, 6.07) is 8.64. The number of hydrogen-bond donors (Lipinski definition) is 0. The number of benzene rings is 1. The molecule has 0 amide bonds. The van der Waals surface area contributed by atoms with Crippen LogP contribution in [0, 0.1) is 0 Å². The van der Waals surface area contributed by atoms with Gasteiger partial charge in [0.2, 0.25) is 0 Å². The van der Waals surface area contributed by atoms with E-state index in [1.807, 2.05) is 30.3 Å². The van der Waals surface area contributed by atoms with E-state index >= 15 is 0 Å². The summed E-state index contributed by atoms with van der Waals surface area (Å²) in [7, 11) is 0. The van der Waals surface area contributed by atoms with Crippen LogP contribution in [0.3, 0.4) is 0 Å². The monoisotopic (exact) mass is 357 g/mol. The molecule has 0 aliphatic carbocycles. The predicted molar refractivity (Wildman–Crippen MR) is 96.1 cm³/mol. The molecule has 2 aliphatic heterocycles. The quantitative estimate of drug-likeness (QED) is 0.435. The normalized spacial score (nSPS) is 31.3. The fourth-order valence-electron chi connectivity index (χ4n) is 3.65. The van der Waals surface area contributed by atoms with Gasteiger partial charge in [0.1, 0.15) is 0 Å². The molecule has 2 aliphatic rings. The highest BCUT2D eigenvalue weighted by Gasteiger charge is 2.47. The lowest BCUT2D eigenvalue weighted by Gasteiger charge is -2.50. The fraction of sp³-hybridized carbons (Fsp3) is 0.647. The van der Waals surface area contributed by atoms with Gasteiger partial charge in [0.05, 0.1) is 30.8 Å². The van der Waals surface area contributed by atoms with Gasteiger partial charge < -0.3 is 9.47 Å². The summed E-state index contributed by atoms with van der Waals surface area (Å²) in [6.07, 6.45) is 1.19. The van der Waals surface area contributed by atoms with E-state index in [2.05, 4.69) is 31.9 Å². The number of ether oxygens (including phenoxy) is 2. The predicted octanol–water partition coefficient (Wildman–Crippen LogP) is 3.94. The first kappa shape index (κ1) is 18.5. The summed E-state index contributed by atoms with van der Waals surface area (Å²) < 4.78 is 12.2. The van der Waals surface area contributed by atoms with Gasteiger partial charge in [-0.25, -0.2) is 0 Å². The number of fused-ring (bicyclic) bond motifs is 1. The second-order valence-corrected chi connectivity index (χ2v) is 6.56. The minimum Gasteiger partial charge on any atom is -0.347 e. The lowest BCUT2D eigenvalue weighted by Crippen LogP contribution is -2.64. The Bertz CT molecular complexity index is 688. The van der Waals surface area contributed by atoms with E-state index in [9.17, 15) is 0 Å². The van der Waals surface area contributed by atoms with E-state index in [-0.39, 0.29) is 12.1 Å². The molecule has 9 nitrogen and oxygen atoms in total. The molecular formula is C17H23N7O2. The molecule has 0 spiro atoms. The van der Waals surface area contributed by atoms with E-state index in [0.29, 0.717) is 13.2 Å². The SMILES string of the molecule is CCCCN1C[C@H](N=[N+]=[N-])[C@@H](N=[N+]=[N-])[C@@H]2O[C@H](c3ccccc3)OC[C@H]21. The molecule has 2 fully saturated rings. The number of likely N-dealkylation sites (tertiary alicyclic amines) is 1. The van der Waals surface area contributed by atoms with Crippen LogP contribution in [0.1, 0.15) is 31.6 Å². The van der Waals surface area contributed by atoms with E-state index in [0.717, 1.165) is 24.9 Å². The Labute approximate surface area is 152 Å². The molecule has 0 unspecified atom stereocenters. The van der Waals surface area contributed by atoms with Crippen LogP contribution in [0.4, 0.5) is 0 Å². The molecule has 0 N–H and O–H groups in total. The third-order valence-corrected chi connectivity index (χ3v) is 4.96. The topological polar surface area (TPSA) is 119 Å². The van der Waals surface area contributed by atoms with Crippen LogP contribution in [0.25, 0.3) is 20.9 Å². The largest absolute Gasteiger partial charge is 0.347 e. The third kappa shape index (κ3) is 3.93. The zero-order valence-corrected chi connectivity index (χ0v) is 14.8. The number of hydrogen-bond acceptors (Lipinski definition) is 5. The van der Waals surface area contributed by atoms with Gasteiger partial charge in [0.15, 0.2) is 6.29 Å². The first-order chi connectivity index (χ1) is 12.8. The van der Waals surface area contributed by atoms with Crippen molar-refractivity contribution in [2.75, 3.05) is 19.7 Å². The minimum atomic E-state index is -0.547. The van der Waals surface area contributed by atoms with Crippen molar-refractivity contribution >= 4 is 0 Å². The highest BCUT2D eigenvalue weighted by atomic mass is 16.7. The molecule has 1 aromatic rings. The van der Waals surface area contributed by atoms with Crippen LogP contribution in [0.5, 0.6) is 0 Å². The maximum Gasteiger partial charge on any atom is 0.184 e. The Kier molecular flexibility index (Phi) is 6.33. The van der Waals surface area contributed by atoms with Crippen LogP contribution in [0.15, 0.2) is 40.6 Å². The van der Waals surface area contributed by atoms with Gasteiger partial charge in [-0.2, -0.15) is 0 Å². The number of rotatable bonds is 6. The molecule has 1 aromatic carbocycles. The molecule has 0 radical (unpaired) electrons. The summed E-state index contributed by atoms with van der Waals surface area (Å²) in [6.45, 7) is 4.02. The summed E-state index contributed by atoms with van der Waals surface area (Å²) in [4.78, 5) is 8.15. The molecule has 9 heteroatoms. The molecule has 3 rings (SSSR count). The van der Waals surface area contributed by atoms with Crippen molar-refractivity contribution in [1.29, 1.82) is 0 Å². The molecule has 0 saturated carbocycles. The van der Waals surface area contributed by atoms with Crippen molar-refractivity contribution < 1.29 is 9.47 Å². The van der Waals surface area contributed by atoms with E-state index in [1.54, 1.807) is 0 Å². The Hall–Kier alpha value is -2.28. The molecule has 138 valence electrons. The van der Waals surface area contributed by atoms with Gasteiger partial charge in [0.25, 0.3) is 0 Å². The minimum absolute atomic E-state index is 0.0258. The van der Waals surface area contributed by atoms with Crippen LogP contribution in [-0.2, 0) is 9.47 Å². The van der Waals surface area contributed by atoms with Crippen LogP contribution in [0.2, 0.25) is 0 Å². The third-order valence-electron chi connectivity index (χ3n) is 4.96. The second-order valence-electron chi connectivity index (χ2n) is 6.56. The molecule has 0 aromatic heterocycles. The van der Waals surface area contributed by atoms with Gasteiger partial charge in [-0.3, -0.25) is 4.90 Å². The van der Waals surface area contributed by atoms with E-state index in [1.165, 1.54) is 0 Å². The van der Waals surface area contributed by atoms with Gasteiger partial charge >= 0.3 is 0 Å². The van der Waals surface area contributed by atoms with E-state index in [4.69, 9.17) is 20.5 Å². The zero-order chi connectivity index (χ0) is 18.4. The van der Waals surface area contributed by atoms with Crippen molar-refractivity contribution in [3.8, 4) is 0 Å². The van der Waals surface area contributed by atoms with E-state index < -0.39 is 18.4 Å². The summed E-state index contributed by atoms with van der Waals surface area (Å²) in [5, 5.41) is 7.80. The second kappa shape index (κ2) is 8.89. The van der Waals surface area contributed by atoms with Gasteiger partial charge in [-0.1, -0.05) is 53.9 Å². The van der Waals surface area contributed by atoms with Crippen molar-refractivity contribution in [3.05, 3.63) is 56.8 Å². The summed E-state index contributed by atoms with van der Waals surface area (Å²) in [5.41, 5.74) is 18.9. The van der Waals surface area contributed by atoms with Crippen molar-refractivity contribution in [3.63, 3.8) is 0 Å². The smallest absolute Gasteiger partial charge is 0.184 e. The standard InChI is InChI=1S/C17H23N7O2/c1-2-3-9-24-10-13(20-22-18)15(21-23-19)16-14(24)11-25-17(26-16)12-7-5-4-6-8-12/h4-8,13-17H,2-3,9-11H2,1H3/t13-,14+,15+,16+,17+/m0/s1. The molecule has 26 heavy (non-hydrogen) atoms. The maximum atomic E-state index is 9.01. The summed E-state index contributed by atoms with van der Waals surface area (Å²) in [5.74, 6) is 0. The molecule has 2 heterocycles. The summed E-state index contributed by atoms with van der Waals surface area (Å²) >= 11 is 0. The van der Waals surface area contributed by atoms with Crippen molar-refractivity contribution in [2.45, 2.75) is 50.3 Å². The molecule has 5 atom stereocenters. The number of nitrogens with zero attached hydrogens (tertiary/aromatic N) is 7. The molecule has 0 bridgehead atoms. The average Bonchev–Trinajstić information content (AvgIpc) is 2.69. The Morgan fingerprint density at radius 1 is 1.19 bits per heavy atom. The van der Waals surface area contributed by atoms with Gasteiger partial charge in [-0.05, 0) is 24.0 Å². The first-order valence-corrected chi connectivity index (χ1v) is 8.93. The Balaban J connectivity index is 1.87. The lowest BCUT2D eigenvalue weighted by atomic mass is 9.89. The Morgan fingerprint density at radius 3 is 2.65 bits per heavy atom. The molecular weight excluding hydrogens is 334 g/mol.